The fourth-order valence-corrected chi connectivity index (χ4v) is 4.87. The number of benzene rings is 2. The monoisotopic (exact) mass is 496 g/mol. The molecule has 0 aliphatic heterocycles. The molecule has 7 nitrogen and oxygen atoms in total. The van der Waals surface area contributed by atoms with E-state index in [-0.39, 0.29) is 11.7 Å². The lowest BCUT2D eigenvalue weighted by Crippen LogP contribution is -2.44. The lowest BCUT2D eigenvalue weighted by atomic mass is 9.62. The Balaban J connectivity index is 2.23. The highest BCUT2D eigenvalue weighted by molar-refractivity contribution is 5.81. The van der Waals surface area contributed by atoms with E-state index in [9.17, 15) is 10.1 Å². The topological polar surface area (TPSA) is 81.0 Å². The zero-order valence-corrected chi connectivity index (χ0v) is 22.9. The second-order valence-electron chi connectivity index (χ2n) is 9.40. The standard InChI is InChI=1S/C29H40N2O5/c1-20(2)29(19-30,23-10-12-26(34-6)28(18-23)36-8)24(21(3)32)14-16-31(4)15-13-22-9-11-25(33-5)27(17-22)35-7/h9-12,17-18,20,24H,13-16H2,1-8H3. The molecule has 0 spiro atoms. The molecule has 2 unspecified atom stereocenters. The van der Waals surface area contributed by atoms with Crippen molar-refractivity contribution in [3.05, 3.63) is 47.5 Å². The Morgan fingerprint density at radius 2 is 1.47 bits per heavy atom. The van der Waals surface area contributed by atoms with Crippen LogP contribution in [0.4, 0.5) is 0 Å². The van der Waals surface area contributed by atoms with Crippen LogP contribution in [0, 0.1) is 23.2 Å². The lowest BCUT2D eigenvalue weighted by molar-refractivity contribution is -0.123. The van der Waals surface area contributed by atoms with Gasteiger partial charge in [0.15, 0.2) is 23.0 Å². The Labute approximate surface area is 215 Å². The number of hydrogen-bond donors (Lipinski definition) is 0. The van der Waals surface area contributed by atoms with Gasteiger partial charge in [-0.15, -0.1) is 0 Å². The number of nitriles is 1. The summed E-state index contributed by atoms with van der Waals surface area (Å²) in [5.74, 6) is 2.00. The van der Waals surface area contributed by atoms with Crippen LogP contribution in [0.15, 0.2) is 36.4 Å². The number of methoxy groups -OCH3 is 4. The second-order valence-corrected chi connectivity index (χ2v) is 9.40. The summed E-state index contributed by atoms with van der Waals surface area (Å²) in [6.45, 7) is 7.06. The summed E-state index contributed by atoms with van der Waals surface area (Å²) < 4.78 is 21.6. The van der Waals surface area contributed by atoms with Gasteiger partial charge in [0.25, 0.3) is 0 Å². The molecule has 0 bridgehead atoms. The van der Waals surface area contributed by atoms with Crippen molar-refractivity contribution in [2.45, 2.75) is 39.0 Å². The molecule has 0 N–H and O–H groups in total. The number of carbonyl (C=O) groups is 1. The van der Waals surface area contributed by atoms with Gasteiger partial charge in [-0.1, -0.05) is 26.0 Å². The van der Waals surface area contributed by atoms with E-state index >= 15 is 0 Å². The molecule has 0 amide bonds. The Bertz CT molecular complexity index is 1060. The molecule has 2 aromatic rings. The van der Waals surface area contributed by atoms with Gasteiger partial charge >= 0.3 is 0 Å². The first-order valence-electron chi connectivity index (χ1n) is 12.2. The number of ketones is 1. The largest absolute Gasteiger partial charge is 0.493 e. The van der Waals surface area contributed by atoms with E-state index in [2.05, 4.69) is 11.0 Å². The highest BCUT2D eigenvalue weighted by Gasteiger charge is 2.46. The van der Waals surface area contributed by atoms with Gasteiger partial charge < -0.3 is 23.8 Å². The maximum atomic E-state index is 13.0. The molecule has 0 saturated carbocycles. The van der Waals surface area contributed by atoms with Crippen molar-refractivity contribution in [1.82, 2.24) is 4.90 Å². The van der Waals surface area contributed by atoms with Crippen molar-refractivity contribution in [3.63, 3.8) is 0 Å². The van der Waals surface area contributed by atoms with Gasteiger partial charge in [0.1, 0.15) is 5.78 Å². The maximum Gasteiger partial charge on any atom is 0.161 e. The molecule has 0 aromatic heterocycles. The third-order valence-electron chi connectivity index (χ3n) is 7.03. The maximum absolute atomic E-state index is 13.0. The molecule has 7 heteroatoms. The fraction of sp³-hybridized carbons (Fsp3) is 0.517. The van der Waals surface area contributed by atoms with E-state index in [0.29, 0.717) is 36.0 Å². The van der Waals surface area contributed by atoms with Crippen LogP contribution >= 0.6 is 0 Å². The molecule has 0 radical (unpaired) electrons. The number of carbonyl (C=O) groups excluding carboxylic acids is 1. The summed E-state index contributed by atoms with van der Waals surface area (Å²) in [4.78, 5) is 15.2. The molecule has 2 aromatic carbocycles. The van der Waals surface area contributed by atoms with Gasteiger partial charge in [-0.3, -0.25) is 4.79 Å². The van der Waals surface area contributed by atoms with Gasteiger partial charge in [-0.25, -0.2) is 0 Å². The molecule has 36 heavy (non-hydrogen) atoms. The zero-order chi connectivity index (χ0) is 26.9. The predicted octanol–water partition coefficient (Wildman–Crippen LogP) is 4.91. The number of likely N-dealkylation sites (N-methyl/N-ethyl adjacent to an activating group) is 1. The van der Waals surface area contributed by atoms with Crippen molar-refractivity contribution in [2.75, 3.05) is 48.6 Å². The van der Waals surface area contributed by atoms with Crippen LogP contribution in [0.3, 0.4) is 0 Å². The number of rotatable bonds is 14. The second kappa shape index (κ2) is 13.2. The molecule has 0 aliphatic carbocycles. The Morgan fingerprint density at radius 1 is 0.917 bits per heavy atom. The van der Waals surface area contributed by atoms with Crippen LogP contribution in [0.25, 0.3) is 0 Å². The minimum absolute atomic E-state index is 0.00771. The van der Waals surface area contributed by atoms with E-state index in [1.807, 2.05) is 51.2 Å². The summed E-state index contributed by atoms with van der Waals surface area (Å²) in [5.41, 5.74) is 0.919. The van der Waals surface area contributed by atoms with Crippen molar-refractivity contribution in [3.8, 4) is 29.1 Å². The first kappa shape index (κ1) is 29.0. The number of hydrogen-bond acceptors (Lipinski definition) is 7. The van der Waals surface area contributed by atoms with E-state index < -0.39 is 11.3 Å². The van der Waals surface area contributed by atoms with E-state index in [4.69, 9.17) is 18.9 Å². The summed E-state index contributed by atoms with van der Waals surface area (Å²) in [6, 6.07) is 14.0. The molecule has 2 atom stereocenters. The van der Waals surface area contributed by atoms with Gasteiger partial charge in [0.05, 0.1) is 39.9 Å². The first-order valence-corrected chi connectivity index (χ1v) is 12.2. The zero-order valence-electron chi connectivity index (χ0n) is 22.9. The molecular weight excluding hydrogens is 456 g/mol. The Hall–Kier alpha value is -3.24. The summed E-state index contributed by atoms with van der Waals surface area (Å²) in [7, 11) is 8.44. The smallest absolute Gasteiger partial charge is 0.161 e. The van der Waals surface area contributed by atoms with Gasteiger partial charge in [0.2, 0.25) is 0 Å². The molecular formula is C29H40N2O5. The Morgan fingerprint density at radius 3 is 1.97 bits per heavy atom. The molecule has 0 saturated heterocycles. The number of ether oxygens (including phenoxy) is 4. The van der Waals surface area contributed by atoms with Crippen LogP contribution in [-0.4, -0.2) is 59.3 Å². The van der Waals surface area contributed by atoms with E-state index in [0.717, 1.165) is 24.1 Å². The molecule has 0 aliphatic rings. The minimum Gasteiger partial charge on any atom is -0.493 e. The van der Waals surface area contributed by atoms with Crippen LogP contribution in [-0.2, 0) is 16.6 Å². The van der Waals surface area contributed by atoms with Crippen LogP contribution in [0.5, 0.6) is 23.0 Å². The van der Waals surface area contributed by atoms with Gasteiger partial charge in [-0.2, -0.15) is 5.26 Å². The third kappa shape index (κ3) is 6.30. The van der Waals surface area contributed by atoms with E-state index in [1.165, 1.54) is 0 Å². The summed E-state index contributed by atoms with van der Waals surface area (Å²) in [5, 5.41) is 10.5. The average molecular weight is 497 g/mol. The summed E-state index contributed by atoms with van der Waals surface area (Å²) >= 11 is 0. The lowest BCUT2D eigenvalue weighted by Gasteiger charge is -2.38. The number of nitrogens with zero attached hydrogens (tertiary/aromatic N) is 2. The van der Waals surface area contributed by atoms with Crippen molar-refractivity contribution in [2.24, 2.45) is 11.8 Å². The average Bonchev–Trinajstić information content (AvgIpc) is 2.88. The SMILES string of the molecule is COc1ccc(CCN(C)CCC(C(C)=O)C(C#N)(c2ccc(OC)c(OC)c2)C(C)C)cc1OC. The molecule has 0 fully saturated rings. The predicted molar refractivity (Wildman–Crippen MR) is 141 cm³/mol. The van der Waals surface area contributed by atoms with Crippen LogP contribution in [0.1, 0.15) is 38.3 Å². The first-order chi connectivity index (χ1) is 17.2. The van der Waals surface area contributed by atoms with Gasteiger partial charge in [-0.05, 0) is 74.7 Å². The third-order valence-corrected chi connectivity index (χ3v) is 7.03. The normalized spacial score (nSPS) is 13.6. The van der Waals surface area contributed by atoms with Gasteiger partial charge in [0, 0.05) is 12.5 Å². The fourth-order valence-electron chi connectivity index (χ4n) is 4.87. The molecule has 0 heterocycles. The van der Waals surface area contributed by atoms with E-state index in [1.54, 1.807) is 41.4 Å². The van der Waals surface area contributed by atoms with Crippen LogP contribution in [0.2, 0.25) is 0 Å². The highest BCUT2D eigenvalue weighted by atomic mass is 16.5. The highest BCUT2D eigenvalue weighted by Crippen LogP contribution is 2.44. The van der Waals surface area contributed by atoms with Crippen molar-refractivity contribution < 1.29 is 23.7 Å². The number of Topliss-reactive ketones (excluding diaryl/α,β-unsaturated/α-hetero) is 1. The van der Waals surface area contributed by atoms with Crippen molar-refractivity contribution in [1.29, 1.82) is 5.26 Å². The molecule has 2 rings (SSSR count). The minimum atomic E-state index is -0.991. The molecule has 196 valence electrons. The quantitative estimate of drug-likeness (QED) is 0.368. The van der Waals surface area contributed by atoms with Crippen molar-refractivity contribution >= 4 is 5.78 Å². The van der Waals surface area contributed by atoms with Crippen LogP contribution < -0.4 is 18.9 Å². The summed E-state index contributed by atoms with van der Waals surface area (Å²) in [6.07, 6.45) is 1.39. The Kier molecular flexibility index (Phi) is 10.6.